The number of benzene rings is 3. The van der Waals surface area contributed by atoms with Gasteiger partial charge in [-0.2, -0.15) is 0 Å². The van der Waals surface area contributed by atoms with Gasteiger partial charge in [-0.1, -0.05) is 30.8 Å². The molecule has 8 nitrogen and oxygen atoms in total. The minimum atomic E-state index is -0.509. The monoisotopic (exact) mass is 528 g/mol. The third kappa shape index (κ3) is 4.69. The number of ether oxygens (including phenoxy) is 6. The van der Waals surface area contributed by atoms with Crippen LogP contribution < -0.4 is 28.4 Å². The molecule has 3 aromatic carbocycles. The van der Waals surface area contributed by atoms with Gasteiger partial charge in [-0.15, -0.1) is 0 Å². The van der Waals surface area contributed by atoms with Gasteiger partial charge in [-0.3, -0.25) is 9.59 Å². The highest BCUT2D eigenvalue weighted by atomic mass is 16.5. The fourth-order valence-corrected chi connectivity index (χ4v) is 4.86. The van der Waals surface area contributed by atoms with Crippen LogP contribution in [0.4, 0.5) is 0 Å². The van der Waals surface area contributed by atoms with Crippen LogP contribution in [0.5, 0.6) is 34.5 Å². The Morgan fingerprint density at radius 1 is 0.949 bits per heavy atom. The van der Waals surface area contributed by atoms with Crippen LogP contribution in [0.25, 0.3) is 6.08 Å². The van der Waals surface area contributed by atoms with E-state index in [0.717, 1.165) is 5.57 Å². The Kier molecular flexibility index (Phi) is 7.02. The van der Waals surface area contributed by atoms with Crippen LogP contribution in [-0.4, -0.2) is 39.7 Å². The number of carbonyl (C=O) groups excluding carboxylic acids is 2. The minimum absolute atomic E-state index is 0.0281. The highest BCUT2D eigenvalue weighted by Gasteiger charge is 2.40. The lowest BCUT2D eigenvalue weighted by Crippen LogP contribution is -2.22. The van der Waals surface area contributed by atoms with E-state index in [1.54, 1.807) is 56.7 Å². The first-order chi connectivity index (χ1) is 18.9. The van der Waals surface area contributed by atoms with E-state index in [9.17, 15) is 9.59 Å². The van der Waals surface area contributed by atoms with E-state index in [-0.39, 0.29) is 24.6 Å². The molecule has 8 heteroatoms. The molecule has 1 atom stereocenters. The summed E-state index contributed by atoms with van der Waals surface area (Å²) < 4.78 is 34.4. The highest BCUT2D eigenvalue weighted by Crippen LogP contribution is 2.52. The number of fused-ring (bicyclic) bond motifs is 3. The first-order valence-electron chi connectivity index (χ1n) is 12.3. The Balaban J connectivity index is 1.63. The predicted octanol–water partition coefficient (Wildman–Crippen LogP) is 5.72. The van der Waals surface area contributed by atoms with Gasteiger partial charge in [0.15, 0.2) is 28.8 Å². The summed E-state index contributed by atoms with van der Waals surface area (Å²) >= 11 is 0. The summed E-state index contributed by atoms with van der Waals surface area (Å²) in [6, 6.07) is 14.1. The molecule has 39 heavy (non-hydrogen) atoms. The maximum atomic E-state index is 13.5. The van der Waals surface area contributed by atoms with Crippen molar-refractivity contribution in [3.63, 3.8) is 0 Å². The number of hydrogen-bond donors (Lipinski definition) is 0. The fourth-order valence-electron chi connectivity index (χ4n) is 4.86. The van der Waals surface area contributed by atoms with Crippen LogP contribution in [0.1, 0.15) is 46.3 Å². The first kappa shape index (κ1) is 25.9. The Labute approximate surface area is 226 Å². The molecule has 2 aliphatic heterocycles. The molecule has 0 fully saturated rings. The van der Waals surface area contributed by atoms with Gasteiger partial charge >= 0.3 is 5.97 Å². The van der Waals surface area contributed by atoms with E-state index in [1.807, 2.05) is 19.1 Å². The average molecular weight is 529 g/mol. The van der Waals surface area contributed by atoms with Crippen molar-refractivity contribution in [1.82, 2.24) is 0 Å². The molecule has 2 heterocycles. The van der Waals surface area contributed by atoms with E-state index in [0.29, 0.717) is 56.8 Å². The van der Waals surface area contributed by atoms with E-state index in [1.165, 1.54) is 7.11 Å². The number of carbonyl (C=O) groups is 2. The van der Waals surface area contributed by atoms with E-state index >= 15 is 0 Å². The summed E-state index contributed by atoms with van der Waals surface area (Å²) in [6.07, 6.45) is 1.65. The van der Waals surface area contributed by atoms with Gasteiger partial charge in [-0.25, -0.2) is 0 Å². The van der Waals surface area contributed by atoms with Crippen LogP contribution in [0.3, 0.4) is 0 Å². The molecule has 0 amide bonds. The Morgan fingerprint density at radius 2 is 1.67 bits per heavy atom. The standard InChI is InChI=1S/C31H28O8/c1-17(2)16-37-30-19(9-7-11-24(30)35-4)21-15-26(32)38-22-13-12-20-28(33)25(39-31(20)27(21)22)14-18-8-6-10-23(34-3)29(18)36-5/h6-14,21H,1,15-16H2,2-5H3/b25-14-/t21-/m1/s1. The van der Waals surface area contributed by atoms with Gasteiger partial charge in [0.2, 0.25) is 5.78 Å². The zero-order chi connectivity index (χ0) is 27.7. The molecule has 0 aromatic heterocycles. The van der Waals surface area contributed by atoms with Gasteiger partial charge in [0.25, 0.3) is 0 Å². The lowest BCUT2D eigenvalue weighted by Gasteiger charge is -2.28. The summed E-state index contributed by atoms with van der Waals surface area (Å²) in [5.41, 5.74) is 3.12. The first-order valence-corrected chi connectivity index (χ1v) is 12.3. The Morgan fingerprint density at radius 3 is 2.36 bits per heavy atom. The number of rotatable bonds is 8. The quantitative estimate of drug-likeness (QED) is 0.159. The van der Waals surface area contributed by atoms with Gasteiger partial charge in [0.1, 0.15) is 18.1 Å². The second-order valence-corrected chi connectivity index (χ2v) is 9.23. The molecule has 2 aliphatic rings. The van der Waals surface area contributed by atoms with Crippen molar-refractivity contribution in [2.45, 2.75) is 19.3 Å². The molecule has 0 bridgehead atoms. The third-order valence-corrected chi connectivity index (χ3v) is 6.57. The van der Waals surface area contributed by atoms with Crippen molar-refractivity contribution in [3.05, 3.63) is 88.7 Å². The second kappa shape index (κ2) is 10.6. The molecule has 0 radical (unpaired) electrons. The normalized spacial score (nSPS) is 16.6. The molecule has 0 saturated heterocycles. The van der Waals surface area contributed by atoms with Crippen LogP contribution in [0.2, 0.25) is 0 Å². The molecule has 0 aliphatic carbocycles. The summed E-state index contributed by atoms with van der Waals surface area (Å²) in [4.78, 5) is 26.2. The lowest BCUT2D eigenvalue weighted by molar-refractivity contribution is -0.135. The maximum Gasteiger partial charge on any atom is 0.312 e. The van der Waals surface area contributed by atoms with Crippen molar-refractivity contribution in [3.8, 4) is 34.5 Å². The third-order valence-electron chi connectivity index (χ3n) is 6.57. The minimum Gasteiger partial charge on any atom is -0.493 e. The number of hydrogen-bond acceptors (Lipinski definition) is 8. The molecular weight excluding hydrogens is 500 g/mol. The van der Waals surface area contributed by atoms with Crippen LogP contribution in [-0.2, 0) is 4.79 Å². The van der Waals surface area contributed by atoms with Crippen molar-refractivity contribution >= 4 is 17.8 Å². The average Bonchev–Trinajstić information content (AvgIpc) is 3.25. The van der Waals surface area contributed by atoms with Crippen molar-refractivity contribution in [2.75, 3.05) is 27.9 Å². The molecule has 0 spiro atoms. The zero-order valence-electron chi connectivity index (χ0n) is 22.2. The van der Waals surface area contributed by atoms with E-state index in [2.05, 4.69) is 6.58 Å². The number of Topliss-reactive ketones (excluding diaryl/α,β-unsaturated/α-hetero) is 1. The van der Waals surface area contributed by atoms with Crippen LogP contribution in [0.15, 0.2) is 66.4 Å². The lowest BCUT2D eigenvalue weighted by atomic mass is 9.84. The fraction of sp³-hybridized carbons (Fsp3) is 0.226. The highest BCUT2D eigenvalue weighted by molar-refractivity contribution is 6.15. The zero-order valence-corrected chi connectivity index (χ0v) is 22.2. The second-order valence-electron chi connectivity index (χ2n) is 9.23. The van der Waals surface area contributed by atoms with Gasteiger partial charge in [0.05, 0.1) is 33.3 Å². The molecule has 5 rings (SSSR count). The number of esters is 1. The maximum absolute atomic E-state index is 13.5. The van der Waals surface area contributed by atoms with E-state index in [4.69, 9.17) is 28.4 Å². The topological polar surface area (TPSA) is 89.5 Å². The van der Waals surface area contributed by atoms with E-state index < -0.39 is 11.9 Å². The van der Waals surface area contributed by atoms with Crippen molar-refractivity contribution in [2.24, 2.45) is 0 Å². The number of methoxy groups -OCH3 is 3. The molecule has 3 aromatic rings. The van der Waals surface area contributed by atoms with Gasteiger partial charge in [-0.05, 0) is 42.8 Å². The van der Waals surface area contributed by atoms with Gasteiger partial charge < -0.3 is 28.4 Å². The summed E-state index contributed by atoms with van der Waals surface area (Å²) in [7, 11) is 4.63. The largest absolute Gasteiger partial charge is 0.493 e. The van der Waals surface area contributed by atoms with Crippen LogP contribution >= 0.6 is 0 Å². The number of para-hydroxylation sites is 2. The van der Waals surface area contributed by atoms with Crippen molar-refractivity contribution in [1.29, 1.82) is 0 Å². The SMILES string of the molecule is C=C(C)COc1c(OC)cccc1[C@H]1CC(=O)Oc2ccc3c(c21)O/C(=C\c1cccc(OC)c1OC)C3=O. The van der Waals surface area contributed by atoms with Crippen molar-refractivity contribution < 1.29 is 38.0 Å². The summed E-state index contributed by atoms with van der Waals surface area (Å²) in [5, 5.41) is 0. The molecule has 0 N–H and O–H groups in total. The summed E-state index contributed by atoms with van der Waals surface area (Å²) in [5.74, 6) is 1.60. The van der Waals surface area contributed by atoms with Crippen LogP contribution in [0, 0.1) is 0 Å². The Bertz CT molecular complexity index is 1520. The molecule has 200 valence electrons. The molecule has 0 saturated carbocycles. The number of allylic oxidation sites excluding steroid dienone is 1. The Hall–Kier alpha value is -4.72. The summed E-state index contributed by atoms with van der Waals surface area (Å²) in [6.45, 7) is 6.05. The van der Waals surface area contributed by atoms with Gasteiger partial charge in [0, 0.05) is 22.6 Å². The smallest absolute Gasteiger partial charge is 0.312 e. The predicted molar refractivity (Wildman–Crippen MR) is 144 cm³/mol. The molecule has 0 unspecified atom stereocenters. The molecular formula is C31H28O8. The number of ketones is 1.